The number of aromatic amines is 1. The average Bonchev–Trinajstić information content (AvgIpc) is 3.06. The van der Waals surface area contributed by atoms with Crippen LogP contribution in [0.3, 0.4) is 0 Å². The average molecular weight is 489 g/mol. The third-order valence-electron chi connectivity index (χ3n) is 5.79. The molecule has 0 atom stereocenters. The Hall–Kier alpha value is -3.21. The first kappa shape index (κ1) is 25.4. The van der Waals surface area contributed by atoms with E-state index in [2.05, 4.69) is 9.97 Å². The number of aryl methyl sites for hydroxylation is 3. The fourth-order valence-corrected chi connectivity index (χ4v) is 4.83. The second kappa shape index (κ2) is 10.4. The van der Waals surface area contributed by atoms with E-state index >= 15 is 0 Å². The second-order valence-electron chi connectivity index (χ2n) is 8.85. The van der Waals surface area contributed by atoms with E-state index in [4.69, 9.17) is 5.73 Å². The van der Waals surface area contributed by atoms with Crippen LogP contribution >= 0.6 is 11.3 Å². The molecule has 3 heterocycles. The predicted molar refractivity (Wildman–Crippen MR) is 136 cm³/mol. The van der Waals surface area contributed by atoms with Gasteiger partial charge in [0.05, 0.1) is 11.7 Å². The largest absolute Gasteiger partial charge is 0.383 e. The van der Waals surface area contributed by atoms with E-state index in [1.807, 2.05) is 34.6 Å². The van der Waals surface area contributed by atoms with Crippen LogP contribution in [0.1, 0.15) is 50.5 Å². The van der Waals surface area contributed by atoms with E-state index in [9.17, 15) is 19.2 Å². The fraction of sp³-hybridized carbons (Fsp3) is 0.522. The van der Waals surface area contributed by atoms with Gasteiger partial charge in [0.25, 0.3) is 11.1 Å². The molecule has 1 amide bonds. The molecule has 3 aromatic heterocycles. The molecule has 0 aliphatic heterocycles. The lowest BCUT2D eigenvalue weighted by atomic mass is 10.2. The molecule has 34 heavy (non-hydrogen) atoms. The number of hydrogen-bond donors (Lipinski definition) is 2. The number of nitrogens with two attached hydrogens (primary N) is 1. The summed E-state index contributed by atoms with van der Waals surface area (Å²) < 4.78 is 2.72. The molecule has 0 fully saturated rings. The lowest BCUT2D eigenvalue weighted by Gasteiger charge is -2.26. The Balaban J connectivity index is 1.95. The van der Waals surface area contributed by atoms with Crippen LogP contribution in [0.4, 0.5) is 11.5 Å². The highest BCUT2D eigenvalue weighted by molar-refractivity contribution is 7.18. The monoisotopic (exact) mass is 488 g/mol. The van der Waals surface area contributed by atoms with Gasteiger partial charge in [0, 0.05) is 30.9 Å². The van der Waals surface area contributed by atoms with Gasteiger partial charge in [0.2, 0.25) is 5.91 Å². The number of unbranched alkanes of at least 4 members (excludes halogenated alkanes) is 1. The Labute approximate surface area is 201 Å². The number of aromatic nitrogens is 4. The molecule has 3 N–H and O–H groups in total. The second-order valence-corrected chi connectivity index (χ2v) is 10.1. The molecule has 0 saturated heterocycles. The smallest absolute Gasteiger partial charge is 0.330 e. The number of rotatable bonds is 9. The van der Waals surface area contributed by atoms with Crippen molar-refractivity contribution in [1.82, 2.24) is 19.1 Å². The van der Waals surface area contributed by atoms with Gasteiger partial charge >= 0.3 is 5.69 Å². The van der Waals surface area contributed by atoms with Gasteiger partial charge in [-0.05, 0) is 31.7 Å². The number of carbonyl (C=O) groups is 1. The maximum absolute atomic E-state index is 13.3. The normalized spacial score (nSPS) is 11.5. The molecule has 10 nitrogen and oxygen atoms in total. The zero-order chi connectivity index (χ0) is 25.2. The summed E-state index contributed by atoms with van der Waals surface area (Å²) in [6.07, 6.45) is 2.96. The molecule has 184 valence electrons. The summed E-state index contributed by atoms with van der Waals surface area (Å²) in [5.41, 5.74) is 5.62. The van der Waals surface area contributed by atoms with Crippen molar-refractivity contribution < 1.29 is 4.79 Å². The van der Waals surface area contributed by atoms with Crippen LogP contribution in [-0.4, -0.2) is 31.6 Å². The van der Waals surface area contributed by atoms with E-state index in [0.717, 1.165) is 16.9 Å². The van der Waals surface area contributed by atoms with Crippen LogP contribution in [0.2, 0.25) is 0 Å². The van der Waals surface area contributed by atoms with E-state index in [1.165, 1.54) is 31.7 Å². The maximum atomic E-state index is 13.3. The maximum Gasteiger partial charge on any atom is 0.330 e. The Morgan fingerprint density at radius 2 is 1.94 bits per heavy atom. The van der Waals surface area contributed by atoms with Crippen molar-refractivity contribution in [2.75, 3.05) is 17.2 Å². The number of carbonyl (C=O) groups excluding carboxylic acids is 1. The van der Waals surface area contributed by atoms with Gasteiger partial charge in [-0.2, -0.15) is 0 Å². The predicted octanol–water partition coefficient (Wildman–Crippen LogP) is 2.39. The van der Waals surface area contributed by atoms with Gasteiger partial charge < -0.3 is 10.6 Å². The summed E-state index contributed by atoms with van der Waals surface area (Å²) in [6, 6.07) is 0. The molecule has 0 aliphatic rings. The van der Waals surface area contributed by atoms with Gasteiger partial charge in [0.1, 0.15) is 10.6 Å². The van der Waals surface area contributed by atoms with Gasteiger partial charge in [-0.3, -0.25) is 28.5 Å². The molecule has 0 spiro atoms. The first-order valence-corrected chi connectivity index (χ1v) is 12.3. The number of nitrogens with one attached hydrogen (secondary N) is 1. The van der Waals surface area contributed by atoms with E-state index in [-0.39, 0.29) is 48.4 Å². The molecule has 0 bridgehead atoms. The van der Waals surface area contributed by atoms with Gasteiger partial charge in [-0.15, -0.1) is 11.3 Å². The van der Waals surface area contributed by atoms with Crippen LogP contribution < -0.4 is 27.4 Å². The first-order valence-electron chi connectivity index (χ1n) is 11.4. The molecule has 3 rings (SSSR count). The highest BCUT2D eigenvalue weighted by atomic mass is 32.1. The number of hydrogen-bond acceptors (Lipinski definition) is 7. The van der Waals surface area contributed by atoms with Crippen LogP contribution in [-0.2, 0) is 17.9 Å². The van der Waals surface area contributed by atoms with Gasteiger partial charge in [-0.25, -0.2) is 9.78 Å². The minimum atomic E-state index is -0.700. The van der Waals surface area contributed by atoms with Crippen molar-refractivity contribution in [3.05, 3.63) is 48.0 Å². The molecule has 0 aliphatic carbocycles. The fourth-order valence-electron chi connectivity index (χ4n) is 3.84. The summed E-state index contributed by atoms with van der Waals surface area (Å²) in [7, 11) is 0. The van der Waals surface area contributed by atoms with Crippen molar-refractivity contribution in [2.24, 2.45) is 5.92 Å². The van der Waals surface area contributed by atoms with Crippen LogP contribution in [0.5, 0.6) is 0 Å². The number of nitrogen functional groups attached to an aromatic ring is 1. The SMILES string of the molecule is CCCCn1c(N)c(N(CC(C)C)C(=O)CCn2cnc3sc(C)c(C)c3c2=O)c(=O)[nH]c1=O. The minimum Gasteiger partial charge on any atom is -0.383 e. The van der Waals surface area contributed by atoms with Crippen molar-refractivity contribution in [3.63, 3.8) is 0 Å². The number of fused-ring (bicyclic) bond motifs is 1. The summed E-state index contributed by atoms with van der Waals surface area (Å²) in [6.45, 7) is 10.3. The number of nitrogens with zero attached hydrogens (tertiary/aromatic N) is 4. The highest BCUT2D eigenvalue weighted by Gasteiger charge is 2.25. The zero-order valence-corrected chi connectivity index (χ0v) is 21.1. The quantitative estimate of drug-likeness (QED) is 0.475. The number of amides is 1. The van der Waals surface area contributed by atoms with Crippen molar-refractivity contribution in [3.8, 4) is 0 Å². The highest BCUT2D eigenvalue weighted by Crippen LogP contribution is 2.25. The summed E-state index contributed by atoms with van der Waals surface area (Å²) >= 11 is 1.47. The van der Waals surface area contributed by atoms with Crippen molar-refractivity contribution in [1.29, 1.82) is 0 Å². The Morgan fingerprint density at radius 3 is 2.59 bits per heavy atom. The van der Waals surface area contributed by atoms with Crippen molar-refractivity contribution >= 4 is 39.0 Å². The Bertz CT molecular complexity index is 1380. The van der Waals surface area contributed by atoms with E-state index < -0.39 is 11.2 Å². The summed E-state index contributed by atoms with van der Waals surface area (Å²) in [5.74, 6) is -0.353. The third kappa shape index (κ3) is 4.98. The van der Waals surface area contributed by atoms with Crippen LogP contribution in [0.15, 0.2) is 20.7 Å². The lowest BCUT2D eigenvalue weighted by molar-refractivity contribution is -0.119. The summed E-state index contributed by atoms with van der Waals surface area (Å²) in [5, 5.41) is 0.570. The Kier molecular flexibility index (Phi) is 7.75. The van der Waals surface area contributed by atoms with E-state index in [1.54, 1.807) is 0 Å². The molecule has 0 saturated carbocycles. The zero-order valence-electron chi connectivity index (χ0n) is 20.3. The van der Waals surface area contributed by atoms with Gasteiger partial charge in [-0.1, -0.05) is 27.2 Å². The Morgan fingerprint density at radius 1 is 1.24 bits per heavy atom. The minimum absolute atomic E-state index is 0.0270. The molecular formula is C23H32N6O4S. The van der Waals surface area contributed by atoms with E-state index in [0.29, 0.717) is 23.2 Å². The number of anilines is 2. The number of H-pyrrole nitrogens is 1. The molecule has 0 unspecified atom stereocenters. The number of thiophene rings is 1. The molecule has 11 heteroatoms. The first-order chi connectivity index (χ1) is 16.1. The molecule has 0 aromatic carbocycles. The molecule has 3 aromatic rings. The van der Waals surface area contributed by atoms with Gasteiger partial charge in [0.15, 0.2) is 5.69 Å². The summed E-state index contributed by atoms with van der Waals surface area (Å²) in [4.78, 5) is 61.0. The van der Waals surface area contributed by atoms with Crippen LogP contribution in [0, 0.1) is 19.8 Å². The lowest BCUT2D eigenvalue weighted by Crippen LogP contribution is -2.43. The van der Waals surface area contributed by atoms with Crippen LogP contribution in [0.25, 0.3) is 10.2 Å². The topological polar surface area (TPSA) is 136 Å². The standard InChI is InChI=1S/C23H32N6O4S/c1-6-7-9-28-19(24)18(20(31)26-23(28)33)29(11-13(2)3)16(30)8-10-27-12-25-21-17(22(27)32)14(4)15(5)34-21/h12-13H,6-11,24H2,1-5H3,(H,26,31,33). The molecular weight excluding hydrogens is 456 g/mol. The molecule has 0 radical (unpaired) electrons. The third-order valence-corrected chi connectivity index (χ3v) is 6.91. The van der Waals surface area contributed by atoms with Crippen molar-refractivity contribution in [2.45, 2.75) is 67.0 Å².